The van der Waals surface area contributed by atoms with Crippen LogP contribution in [0.5, 0.6) is 0 Å². The number of aliphatic hydroxyl groups excluding tert-OH is 1. The number of hydrogen-bond donors (Lipinski definition) is 1. The van der Waals surface area contributed by atoms with Gasteiger partial charge in [-0.2, -0.15) is 0 Å². The molecular weight excluding hydrogens is 460 g/mol. The van der Waals surface area contributed by atoms with Crippen LogP contribution in [0, 0.1) is 5.92 Å². The summed E-state index contributed by atoms with van der Waals surface area (Å²) in [6, 6.07) is -3.06. The molecule has 2 heterocycles. The Kier molecular flexibility index (Phi) is 8.21. The van der Waals surface area contributed by atoms with Crippen molar-refractivity contribution in [3.05, 3.63) is 11.3 Å². The number of hydrazine groups is 1. The third-order valence-electron chi connectivity index (χ3n) is 5.40. The van der Waals surface area contributed by atoms with Crippen LogP contribution in [0.3, 0.4) is 0 Å². The number of hydrogen-bond acceptors (Lipinski definition) is 13. The van der Waals surface area contributed by atoms with Crippen LogP contribution in [0.4, 0.5) is 0 Å². The first-order valence-corrected chi connectivity index (χ1v) is 9.99. The van der Waals surface area contributed by atoms with Crippen LogP contribution in [0.2, 0.25) is 0 Å². The largest absolute Gasteiger partial charge is 0.468 e. The van der Waals surface area contributed by atoms with Gasteiger partial charge in [-0.25, -0.2) is 19.4 Å². The third kappa shape index (κ3) is 4.53. The van der Waals surface area contributed by atoms with Crippen LogP contribution in [-0.2, 0) is 52.5 Å². The Morgan fingerprint density at radius 3 is 1.91 bits per heavy atom. The molecule has 1 amide bonds. The van der Waals surface area contributed by atoms with Crippen molar-refractivity contribution in [2.45, 2.75) is 44.6 Å². The molecule has 1 N–H and O–H groups in total. The molecule has 2 rings (SSSR count). The van der Waals surface area contributed by atoms with Crippen molar-refractivity contribution < 1.29 is 57.6 Å². The molecule has 0 aromatic rings. The number of ether oxygens (including phenoxy) is 5. The normalized spacial score (nSPS) is 23.5. The van der Waals surface area contributed by atoms with Gasteiger partial charge in [-0.05, 0) is 6.92 Å². The standard InChI is InChI=1S/C20H26N2O12/c1-8(23)16(34-9(2)24)10-7-11(25)22-15(20(29)33-6)13(18(27)31-4)12(17(26)30-3)14(21(10)22)19(28)32-5/h8,10,13,15-16,23H,7H2,1-6H3/t8-,10+,13+,15-,16-/m0/s1. The first-order chi connectivity index (χ1) is 16.0. The lowest BCUT2D eigenvalue weighted by molar-refractivity contribution is -0.182. The summed E-state index contributed by atoms with van der Waals surface area (Å²) in [7, 11) is 3.93. The summed E-state index contributed by atoms with van der Waals surface area (Å²) < 4.78 is 24.2. The molecule has 5 atom stereocenters. The van der Waals surface area contributed by atoms with Gasteiger partial charge in [-0.3, -0.25) is 19.4 Å². The summed E-state index contributed by atoms with van der Waals surface area (Å²) in [4.78, 5) is 76.1. The van der Waals surface area contributed by atoms with Crippen molar-refractivity contribution in [1.29, 1.82) is 0 Å². The summed E-state index contributed by atoms with van der Waals surface area (Å²) in [5.74, 6) is -8.03. The minimum atomic E-state index is -1.82. The number of rotatable bonds is 7. The van der Waals surface area contributed by atoms with E-state index in [1.165, 1.54) is 6.92 Å². The molecule has 0 saturated carbocycles. The number of methoxy groups -OCH3 is 4. The highest BCUT2D eigenvalue weighted by molar-refractivity contribution is 6.07. The van der Waals surface area contributed by atoms with Crippen molar-refractivity contribution in [2.75, 3.05) is 28.4 Å². The van der Waals surface area contributed by atoms with Crippen LogP contribution in [0.1, 0.15) is 20.3 Å². The molecule has 0 aromatic heterocycles. The molecule has 188 valence electrons. The Morgan fingerprint density at radius 1 is 0.912 bits per heavy atom. The van der Waals surface area contributed by atoms with E-state index in [0.29, 0.717) is 0 Å². The number of esters is 5. The van der Waals surface area contributed by atoms with Crippen molar-refractivity contribution in [3.8, 4) is 0 Å². The van der Waals surface area contributed by atoms with E-state index < -0.39 is 83.7 Å². The molecule has 0 aromatic carbocycles. The van der Waals surface area contributed by atoms with E-state index in [1.54, 1.807) is 0 Å². The van der Waals surface area contributed by atoms with Crippen molar-refractivity contribution in [1.82, 2.24) is 10.0 Å². The van der Waals surface area contributed by atoms with E-state index in [2.05, 4.69) is 0 Å². The average Bonchev–Trinajstić information content (AvgIpc) is 3.14. The molecule has 0 spiro atoms. The smallest absolute Gasteiger partial charge is 0.356 e. The molecule has 0 unspecified atom stereocenters. The number of amides is 1. The van der Waals surface area contributed by atoms with E-state index in [0.717, 1.165) is 45.4 Å². The molecule has 0 radical (unpaired) electrons. The first kappa shape index (κ1) is 26.6. The van der Waals surface area contributed by atoms with Crippen molar-refractivity contribution in [3.63, 3.8) is 0 Å². The highest BCUT2D eigenvalue weighted by Gasteiger charge is 2.61. The molecule has 1 saturated heterocycles. The van der Waals surface area contributed by atoms with E-state index >= 15 is 0 Å². The maximum absolute atomic E-state index is 13.1. The van der Waals surface area contributed by atoms with Crippen LogP contribution in [0.25, 0.3) is 0 Å². The van der Waals surface area contributed by atoms with Gasteiger partial charge in [-0.1, -0.05) is 0 Å². The zero-order valence-electron chi connectivity index (χ0n) is 19.4. The Hall–Kier alpha value is -3.68. The Balaban J connectivity index is 2.95. The van der Waals surface area contributed by atoms with Gasteiger partial charge in [-0.15, -0.1) is 0 Å². The van der Waals surface area contributed by atoms with Gasteiger partial charge in [0.05, 0.1) is 52.6 Å². The lowest BCUT2D eigenvalue weighted by Gasteiger charge is -2.46. The maximum Gasteiger partial charge on any atom is 0.356 e. The van der Waals surface area contributed by atoms with Crippen LogP contribution >= 0.6 is 0 Å². The molecule has 14 nitrogen and oxygen atoms in total. The fourth-order valence-corrected chi connectivity index (χ4v) is 4.08. The van der Waals surface area contributed by atoms with Gasteiger partial charge < -0.3 is 28.8 Å². The SMILES string of the molecule is COC(=O)C1=C(C(=O)OC)N2[C@@H]([C@@H](OC(C)=O)[C@H](C)O)CC(=O)N2[C@H](C(=O)OC)[C@@H]1C(=O)OC. The number of carbonyl (C=O) groups is 6. The minimum Gasteiger partial charge on any atom is -0.468 e. The second-order valence-corrected chi connectivity index (χ2v) is 7.38. The molecule has 0 bridgehead atoms. The predicted octanol–water partition coefficient (Wildman–Crippen LogP) is -1.94. The topological polar surface area (TPSA) is 175 Å². The summed E-state index contributed by atoms with van der Waals surface area (Å²) in [6.45, 7) is 2.35. The number of nitrogens with zero attached hydrogens (tertiary/aromatic N) is 2. The monoisotopic (exact) mass is 486 g/mol. The Morgan fingerprint density at radius 2 is 1.47 bits per heavy atom. The maximum atomic E-state index is 13.1. The molecule has 14 heteroatoms. The van der Waals surface area contributed by atoms with Gasteiger partial charge in [0, 0.05) is 6.92 Å². The Bertz CT molecular complexity index is 927. The molecule has 2 aliphatic heterocycles. The average molecular weight is 486 g/mol. The second kappa shape index (κ2) is 10.5. The van der Waals surface area contributed by atoms with Crippen LogP contribution < -0.4 is 0 Å². The van der Waals surface area contributed by atoms with Gasteiger partial charge in [0.1, 0.15) is 12.0 Å². The van der Waals surface area contributed by atoms with Gasteiger partial charge in [0.2, 0.25) is 5.91 Å². The van der Waals surface area contributed by atoms with Gasteiger partial charge in [0.15, 0.2) is 11.7 Å². The van der Waals surface area contributed by atoms with E-state index in [9.17, 15) is 33.9 Å². The summed E-state index contributed by atoms with van der Waals surface area (Å²) >= 11 is 0. The molecule has 1 fully saturated rings. The number of fused-ring (bicyclic) bond motifs is 1. The van der Waals surface area contributed by atoms with Gasteiger partial charge >= 0.3 is 29.8 Å². The second-order valence-electron chi connectivity index (χ2n) is 7.38. The lowest BCUT2D eigenvalue weighted by Crippen LogP contribution is -2.63. The zero-order valence-corrected chi connectivity index (χ0v) is 19.4. The summed E-state index contributed by atoms with van der Waals surface area (Å²) in [5, 5.41) is 11.9. The molecule has 34 heavy (non-hydrogen) atoms. The third-order valence-corrected chi connectivity index (χ3v) is 5.40. The molecular formula is C20H26N2O12. The highest BCUT2D eigenvalue weighted by Crippen LogP contribution is 2.42. The lowest BCUT2D eigenvalue weighted by atomic mass is 9.86. The molecule has 2 aliphatic rings. The zero-order chi connectivity index (χ0) is 25.9. The predicted molar refractivity (Wildman–Crippen MR) is 107 cm³/mol. The van der Waals surface area contributed by atoms with Crippen molar-refractivity contribution >= 4 is 35.8 Å². The first-order valence-electron chi connectivity index (χ1n) is 9.99. The van der Waals surface area contributed by atoms with E-state index in [-0.39, 0.29) is 0 Å². The minimum absolute atomic E-state index is 0.473. The summed E-state index contributed by atoms with van der Waals surface area (Å²) in [5.41, 5.74) is -1.27. The van der Waals surface area contributed by atoms with Crippen LogP contribution in [-0.4, -0.2) is 104 Å². The fraction of sp³-hybridized carbons (Fsp3) is 0.600. The molecule has 0 aliphatic carbocycles. The van der Waals surface area contributed by atoms with E-state index in [4.69, 9.17) is 23.7 Å². The highest BCUT2D eigenvalue weighted by atomic mass is 16.6. The quantitative estimate of drug-likeness (QED) is 0.311. The van der Waals surface area contributed by atoms with Crippen LogP contribution in [0.15, 0.2) is 11.3 Å². The number of carbonyl (C=O) groups excluding carboxylic acids is 6. The van der Waals surface area contributed by atoms with Gasteiger partial charge in [0.25, 0.3) is 0 Å². The fourth-order valence-electron chi connectivity index (χ4n) is 4.08. The number of aliphatic hydroxyl groups is 1. The summed E-state index contributed by atoms with van der Waals surface area (Å²) in [6.07, 6.45) is -3.21. The Labute approximate surface area is 194 Å². The van der Waals surface area contributed by atoms with Crippen molar-refractivity contribution in [2.24, 2.45) is 5.92 Å². The van der Waals surface area contributed by atoms with E-state index in [1.807, 2.05) is 0 Å².